The van der Waals surface area contributed by atoms with Crippen molar-refractivity contribution in [2.75, 3.05) is 30.3 Å². The largest absolute Gasteiger partial charge is 0.279 e. The summed E-state index contributed by atoms with van der Waals surface area (Å²) in [7, 11) is -3.19. The number of carbonyl (C=O) groups excluding carboxylic acids is 1. The number of hydrogen-bond donors (Lipinski definition) is 0. The molecule has 0 saturated carbocycles. The average Bonchev–Trinajstić information content (AvgIpc) is 3.08. The van der Waals surface area contributed by atoms with Crippen LogP contribution in [0.2, 0.25) is 0 Å². The number of aromatic nitrogens is 4. The SMILES string of the molecule is CCCCS(=O)(=O)N1CCC(C(=O)N2CCCn3nnnc32)CC1. The third-order valence-corrected chi connectivity index (χ3v) is 6.68. The van der Waals surface area contributed by atoms with E-state index in [-0.39, 0.29) is 17.6 Å². The molecule has 0 aromatic carbocycles. The summed E-state index contributed by atoms with van der Waals surface area (Å²) in [5, 5.41) is 11.5. The Morgan fingerprint density at radius 3 is 2.67 bits per heavy atom. The zero-order chi connectivity index (χ0) is 17.2. The molecule has 2 aliphatic heterocycles. The van der Waals surface area contributed by atoms with Gasteiger partial charge in [0.05, 0.1) is 5.75 Å². The summed E-state index contributed by atoms with van der Waals surface area (Å²) in [6.45, 7) is 4.16. The maximum atomic E-state index is 12.8. The summed E-state index contributed by atoms with van der Waals surface area (Å²) in [6, 6.07) is 0. The van der Waals surface area contributed by atoms with Crippen LogP contribution in [-0.2, 0) is 21.4 Å². The normalized spacial score (nSPS) is 20.1. The molecule has 0 spiro atoms. The van der Waals surface area contributed by atoms with Crippen LogP contribution in [0, 0.1) is 5.92 Å². The molecule has 1 aromatic rings. The van der Waals surface area contributed by atoms with Crippen molar-refractivity contribution in [2.24, 2.45) is 5.92 Å². The van der Waals surface area contributed by atoms with Crippen LogP contribution in [0.25, 0.3) is 0 Å². The van der Waals surface area contributed by atoms with E-state index in [2.05, 4.69) is 15.5 Å². The zero-order valence-electron chi connectivity index (χ0n) is 14.0. The Morgan fingerprint density at radius 2 is 1.96 bits per heavy atom. The second-order valence-corrected chi connectivity index (χ2v) is 8.48. The van der Waals surface area contributed by atoms with Crippen molar-refractivity contribution in [3.8, 4) is 0 Å². The van der Waals surface area contributed by atoms with Crippen molar-refractivity contribution in [3.05, 3.63) is 0 Å². The Hall–Kier alpha value is -1.55. The summed E-state index contributed by atoms with van der Waals surface area (Å²) in [5.41, 5.74) is 0. The molecule has 0 bridgehead atoms. The second-order valence-electron chi connectivity index (χ2n) is 6.39. The van der Waals surface area contributed by atoms with Crippen LogP contribution in [-0.4, -0.2) is 64.2 Å². The van der Waals surface area contributed by atoms with E-state index in [1.165, 1.54) is 4.31 Å². The van der Waals surface area contributed by atoms with E-state index in [9.17, 15) is 13.2 Å². The van der Waals surface area contributed by atoms with Gasteiger partial charge in [-0.1, -0.05) is 18.4 Å². The molecular formula is C14H24N6O3S. The van der Waals surface area contributed by atoms with Crippen LogP contribution in [0.4, 0.5) is 5.95 Å². The van der Waals surface area contributed by atoms with E-state index in [1.54, 1.807) is 9.58 Å². The van der Waals surface area contributed by atoms with Gasteiger partial charge in [-0.3, -0.25) is 9.69 Å². The molecule has 0 unspecified atom stereocenters. The first kappa shape index (κ1) is 17.3. The molecule has 0 radical (unpaired) electrons. The predicted molar refractivity (Wildman–Crippen MR) is 87.8 cm³/mol. The minimum Gasteiger partial charge on any atom is -0.279 e. The number of hydrogen-bond acceptors (Lipinski definition) is 6. The first-order valence-electron chi connectivity index (χ1n) is 8.58. The standard InChI is InChI=1S/C14H24N6O3S/c1-2-3-11-24(22,23)18-9-5-12(6-10-18)13(21)19-7-4-8-20-14(19)15-16-17-20/h12H,2-11H2,1H3. The van der Waals surface area contributed by atoms with Gasteiger partial charge in [0.15, 0.2) is 0 Å². The fraction of sp³-hybridized carbons (Fsp3) is 0.857. The summed E-state index contributed by atoms with van der Waals surface area (Å²) < 4.78 is 27.7. The summed E-state index contributed by atoms with van der Waals surface area (Å²) in [6.07, 6.45) is 3.48. The van der Waals surface area contributed by atoms with Gasteiger partial charge in [-0.25, -0.2) is 17.4 Å². The number of carbonyl (C=O) groups is 1. The lowest BCUT2D eigenvalue weighted by Crippen LogP contribution is -2.47. The maximum absolute atomic E-state index is 12.8. The van der Waals surface area contributed by atoms with Crippen molar-refractivity contribution in [2.45, 2.75) is 45.6 Å². The van der Waals surface area contributed by atoms with Crippen molar-refractivity contribution >= 4 is 21.9 Å². The molecule has 0 N–H and O–H groups in total. The van der Waals surface area contributed by atoms with Crippen molar-refractivity contribution < 1.29 is 13.2 Å². The number of piperidine rings is 1. The molecule has 1 amide bonds. The molecule has 10 heteroatoms. The zero-order valence-corrected chi connectivity index (χ0v) is 14.8. The number of nitrogens with zero attached hydrogens (tertiary/aromatic N) is 6. The Bertz CT molecular complexity index is 680. The highest BCUT2D eigenvalue weighted by atomic mass is 32.2. The highest BCUT2D eigenvalue weighted by Gasteiger charge is 2.35. The number of tetrazole rings is 1. The third kappa shape index (κ3) is 3.44. The van der Waals surface area contributed by atoms with Crippen molar-refractivity contribution in [3.63, 3.8) is 0 Å². The van der Waals surface area contributed by atoms with E-state index in [1.807, 2.05) is 6.92 Å². The van der Waals surface area contributed by atoms with Gasteiger partial charge in [0.25, 0.3) is 5.95 Å². The van der Waals surface area contributed by atoms with Gasteiger partial charge in [-0.2, -0.15) is 0 Å². The molecule has 3 heterocycles. The van der Waals surface area contributed by atoms with Gasteiger partial charge in [0.1, 0.15) is 0 Å². The molecule has 0 atom stereocenters. The van der Waals surface area contributed by atoms with Crippen molar-refractivity contribution in [1.82, 2.24) is 24.5 Å². The van der Waals surface area contributed by atoms with Crippen LogP contribution < -0.4 is 4.90 Å². The van der Waals surface area contributed by atoms with Gasteiger partial charge in [0, 0.05) is 32.1 Å². The van der Waals surface area contributed by atoms with Gasteiger partial charge in [0.2, 0.25) is 15.9 Å². The fourth-order valence-corrected chi connectivity index (χ4v) is 4.96. The second kappa shape index (κ2) is 7.14. The molecule has 3 rings (SSSR count). The summed E-state index contributed by atoms with van der Waals surface area (Å²) in [4.78, 5) is 14.4. The number of amides is 1. The van der Waals surface area contributed by atoms with Crippen molar-refractivity contribution in [1.29, 1.82) is 0 Å². The Labute approximate surface area is 142 Å². The molecule has 2 aliphatic rings. The lowest BCUT2D eigenvalue weighted by Gasteiger charge is -2.34. The Kier molecular flexibility index (Phi) is 5.14. The smallest absolute Gasteiger partial charge is 0.252 e. The number of anilines is 1. The number of sulfonamides is 1. The first-order chi connectivity index (χ1) is 11.5. The number of aryl methyl sites for hydroxylation is 1. The molecular weight excluding hydrogens is 332 g/mol. The highest BCUT2D eigenvalue weighted by molar-refractivity contribution is 7.89. The first-order valence-corrected chi connectivity index (χ1v) is 10.2. The van der Waals surface area contributed by atoms with E-state index < -0.39 is 10.0 Å². The summed E-state index contributed by atoms with van der Waals surface area (Å²) >= 11 is 0. The molecule has 1 fully saturated rings. The van der Waals surface area contributed by atoms with Gasteiger partial charge in [-0.05, 0) is 36.1 Å². The molecule has 134 valence electrons. The van der Waals surface area contributed by atoms with E-state index in [0.717, 1.165) is 19.4 Å². The molecule has 1 aromatic heterocycles. The van der Waals surface area contributed by atoms with Gasteiger partial charge >= 0.3 is 0 Å². The summed E-state index contributed by atoms with van der Waals surface area (Å²) in [5.74, 6) is 0.551. The van der Waals surface area contributed by atoms with Gasteiger partial charge in [-0.15, -0.1) is 0 Å². The topological polar surface area (TPSA) is 101 Å². The fourth-order valence-electron chi connectivity index (χ4n) is 3.28. The Balaban J connectivity index is 1.61. The maximum Gasteiger partial charge on any atom is 0.252 e. The van der Waals surface area contributed by atoms with Crippen LogP contribution in [0.5, 0.6) is 0 Å². The minimum absolute atomic E-state index is 0.0105. The lowest BCUT2D eigenvalue weighted by molar-refractivity contribution is -0.123. The molecule has 1 saturated heterocycles. The number of rotatable bonds is 5. The monoisotopic (exact) mass is 356 g/mol. The average molecular weight is 356 g/mol. The Morgan fingerprint density at radius 1 is 1.21 bits per heavy atom. The number of unbranched alkanes of at least 4 members (excludes halogenated alkanes) is 1. The van der Waals surface area contributed by atoms with Crippen LogP contribution in [0.3, 0.4) is 0 Å². The quantitative estimate of drug-likeness (QED) is 0.750. The molecule has 9 nitrogen and oxygen atoms in total. The van der Waals surface area contributed by atoms with E-state index >= 15 is 0 Å². The van der Waals surface area contributed by atoms with Crippen LogP contribution in [0.1, 0.15) is 39.0 Å². The lowest BCUT2D eigenvalue weighted by atomic mass is 9.96. The minimum atomic E-state index is -3.19. The third-order valence-electron chi connectivity index (χ3n) is 4.72. The molecule has 0 aliphatic carbocycles. The predicted octanol–water partition coefficient (Wildman–Crippen LogP) is 0.252. The van der Waals surface area contributed by atoms with Gasteiger partial charge < -0.3 is 0 Å². The number of fused-ring (bicyclic) bond motifs is 1. The molecule has 24 heavy (non-hydrogen) atoms. The highest BCUT2D eigenvalue weighted by Crippen LogP contribution is 2.25. The van der Waals surface area contributed by atoms with Crippen LogP contribution >= 0.6 is 0 Å². The van der Waals surface area contributed by atoms with E-state index in [4.69, 9.17) is 0 Å². The van der Waals surface area contributed by atoms with Crippen LogP contribution in [0.15, 0.2) is 0 Å². The van der Waals surface area contributed by atoms with E-state index in [0.29, 0.717) is 44.8 Å².